The van der Waals surface area contributed by atoms with Crippen LogP contribution in [0.3, 0.4) is 0 Å². The van der Waals surface area contributed by atoms with Crippen LogP contribution in [-0.4, -0.2) is 8.42 Å². The maximum Gasteiger partial charge on any atom is 0.152 e. The molecular weight excluding hydrogens is 359 g/mol. The van der Waals surface area contributed by atoms with Gasteiger partial charge in [0.2, 0.25) is 0 Å². The van der Waals surface area contributed by atoms with Crippen LogP contribution in [0.25, 0.3) is 0 Å². The lowest BCUT2D eigenvalue weighted by Gasteiger charge is -1.98. The van der Waals surface area contributed by atoms with E-state index in [0.717, 1.165) is 0 Å². The largest absolute Gasteiger partial charge is 0.470 e. The zero-order valence-corrected chi connectivity index (χ0v) is 13.1. The van der Waals surface area contributed by atoms with Gasteiger partial charge in [-0.2, -0.15) is 0 Å². The minimum atomic E-state index is -1.64. The Hall–Kier alpha value is 0.140. The molecule has 0 bridgehead atoms. The molecule has 4 nitrogen and oxygen atoms in total. The summed E-state index contributed by atoms with van der Waals surface area (Å²) in [4.78, 5) is 2.04. The third kappa shape index (κ3) is 3.37. The molecule has 0 saturated heterocycles. The van der Waals surface area contributed by atoms with Crippen molar-refractivity contribution in [3.05, 3.63) is 25.1 Å². The monoisotopic (exact) mass is 362 g/mol. The molecule has 10 heteroatoms. The van der Waals surface area contributed by atoms with E-state index in [-0.39, 0.29) is 0 Å². The summed E-state index contributed by atoms with van der Waals surface area (Å²) in [6.45, 7) is 0. The molecule has 0 saturated carbocycles. The first-order valence-corrected chi connectivity index (χ1v) is 10.3. The Morgan fingerprint density at radius 3 is 1.56 bits per heavy atom. The second-order valence-electron chi connectivity index (χ2n) is 2.81. The molecule has 0 aliphatic carbocycles. The van der Waals surface area contributed by atoms with E-state index >= 15 is 0 Å². The van der Waals surface area contributed by atoms with Gasteiger partial charge in [0, 0.05) is 0 Å². The summed E-state index contributed by atoms with van der Waals surface area (Å²) in [6.07, 6.45) is 5.51. The normalized spacial score (nSPS) is 14.6. The molecule has 0 spiro atoms. The fourth-order valence-corrected chi connectivity index (χ4v) is 5.62. The fraction of sp³-hybridized carbons (Fsp3) is 0. The van der Waals surface area contributed by atoms with Crippen LogP contribution in [0.2, 0.25) is 0 Å². The number of halogens is 2. The van der Waals surface area contributed by atoms with Gasteiger partial charge >= 0.3 is 0 Å². The van der Waals surface area contributed by atoms with Crippen molar-refractivity contribution in [3.63, 3.8) is 0 Å². The zero-order chi connectivity index (χ0) is 13.1. The van der Waals surface area contributed by atoms with Gasteiger partial charge in [0.1, 0.15) is 34.8 Å². The number of hydrogen-bond donors (Lipinski definition) is 0. The smallest absolute Gasteiger partial charge is 0.152 e. The van der Waals surface area contributed by atoms with E-state index in [4.69, 9.17) is 30.2 Å². The minimum absolute atomic E-state index is 0.395. The summed E-state index contributed by atoms with van der Waals surface area (Å²) in [6, 6.07) is 0. The van der Waals surface area contributed by atoms with Crippen LogP contribution in [0, 0.1) is 0 Å². The van der Waals surface area contributed by atoms with Gasteiger partial charge in [0.05, 0.1) is 9.79 Å². The molecule has 18 heavy (non-hydrogen) atoms. The highest BCUT2D eigenvalue weighted by molar-refractivity contribution is 8.76. The predicted octanol–water partition coefficient (Wildman–Crippen LogP) is 4.19. The molecule has 0 fully saturated rings. The van der Waals surface area contributed by atoms with Crippen molar-refractivity contribution >= 4 is 63.0 Å². The van der Waals surface area contributed by atoms with E-state index in [1.807, 2.05) is 0 Å². The Morgan fingerprint density at radius 2 is 1.22 bits per heavy atom. The van der Waals surface area contributed by atoms with Crippen molar-refractivity contribution in [2.75, 3.05) is 0 Å². The molecule has 2 unspecified atom stereocenters. The molecule has 2 aromatic rings. The third-order valence-electron chi connectivity index (χ3n) is 1.75. The summed E-state index contributed by atoms with van der Waals surface area (Å²) < 4.78 is 32.2. The van der Waals surface area contributed by atoms with Gasteiger partial charge in [-0.15, -0.1) is 0 Å². The van der Waals surface area contributed by atoms with Crippen LogP contribution in [0.1, 0.15) is 0 Å². The molecule has 0 amide bonds. The lowest BCUT2D eigenvalue weighted by molar-refractivity contribution is 0.557. The Morgan fingerprint density at radius 1 is 0.833 bits per heavy atom. The summed E-state index contributed by atoms with van der Waals surface area (Å²) in [7, 11) is 10.2. The van der Waals surface area contributed by atoms with Crippen LogP contribution in [0.5, 0.6) is 0 Å². The lowest BCUT2D eigenvalue weighted by Crippen LogP contribution is -1.80. The van der Waals surface area contributed by atoms with Gasteiger partial charge in [-0.3, -0.25) is 0 Å². The average Bonchev–Trinajstić information content (AvgIpc) is 2.94. The number of rotatable bonds is 5. The first-order chi connectivity index (χ1) is 8.59. The summed E-state index contributed by atoms with van der Waals surface area (Å²) in [5, 5.41) is 0. The Bertz CT molecular complexity index is 541. The second kappa shape index (κ2) is 6.53. The lowest BCUT2D eigenvalue weighted by atomic mass is 10.7. The van der Waals surface area contributed by atoms with E-state index in [0.29, 0.717) is 19.6 Å². The minimum Gasteiger partial charge on any atom is -0.470 e. The molecule has 2 aromatic heterocycles. The predicted molar refractivity (Wildman–Crippen MR) is 73.7 cm³/mol. The molecular formula is C8H4Cl2O4S4. The molecule has 2 heterocycles. The van der Waals surface area contributed by atoms with E-state index in [2.05, 4.69) is 0 Å². The van der Waals surface area contributed by atoms with Crippen molar-refractivity contribution in [2.45, 2.75) is 19.6 Å². The highest BCUT2D eigenvalue weighted by Gasteiger charge is 2.16. The summed E-state index contributed by atoms with van der Waals surface area (Å²) >= 11 is 0. The Kier molecular flexibility index (Phi) is 5.28. The van der Waals surface area contributed by atoms with Crippen LogP contribution >= 0.6 is 43.0 Å². The standard InChI is InChI=1S/C8H4Cl2O4S4/c9-17(11)7-3-13-1-5(7)15-16-6-2-14-4-8(6)18(10)12/h1-4H. The highest BCUT2D eigenvalue weighted by Crippen LogP contribution is 2.43. The summed E-state index contributed by atoms with van der Waals surface area (Å²) in [5.41, 5.74) is 0. The zero-order valence-electron chi connectivity index (χ0n) is 8.33. The highest BCUT2D eigenvalue weighted by atomic mass is 35.7. The fourth-order valence-electron chi connectivity index (χ4n) is 0.993. The van der Waals surface area contributed by atoms with Crippen molar-refractivity contribution < 1.29 is 17.3 Å². The van der Waals surface area contributed by atoms with Gasteiger partial charge in [0.25, 0.3) is 0 Å². The Balaban J connectivity index is 2.12. The molecule has 0 aromatic carbocycles. The molecule has 98 valence electrons. The SMILES string of the molecule is O=S(Cl)c1cocc1SSc1cocc1S(=O)Cl. The van der Waals surface area contributed by atoms with E-state index in [9.17, 15) is 8.42 Å². The van der Waals surface area contributed by atoms with Gasteiger partial charge in [-0.1, -0.05) is 0 Å². The average molecular weight is 363 g/mol. The molecule has 0 radical (unpaired) electrons. The van der Waals surface area contributed by atoms with Crippen LogP contribution in [0.4, 0.5) is 0 Å². The molecule has 0 aliphatic heterocycles. The molecule has 0 aliphatic rings. The van der Waals surface area contributed by atoms with E-state index < -0.39 is 20.0 Å². The number of furan rings is 2. The third-order valence-corrected chi connectivity index (χ3v) is 6.73. The molecule has 2 atom stereocenters. The maximum absolute atomic E-state index is 11.2. The van der Waals surface area contributed by atoms with Crippen LogP contribution in [0.15, 0.2) is 53.5 Å². The van der Waals surface area contributed by atoms with E-state index in [1.54, 1.807) is 0 Å². The van der Waals surface area contributed by atoms with Gasteiger partial charge < -0.3 is 8.83 Å². The second-order valence-corrected chi connectivity index (χ2v) is 8.48. The van der Waals surface area contributed by atoms with Gasteiger partial charge in [0.15, 0.2) is 20.0 Å². The molecule has 2 rings (SSSR count). The first kappa shape index (κ1) is 14.5. The van der Waals surface area contributed by atoms with Crippen LogP contribution in [-0.2, 0) is 20.0 Å². The summed E-state index contributed by atoms with van der Waals surface area (Å²) in [5.74, 6) is 0. The van der Waals surface area contributed by atoms with Crippen LogP contribution < -0.4 is 0 Å². The number of hydrogen-bond acceptors (Lipinski definition) is 6. The first-order valence-electron chi connectivity index (χ1n) is 4.22. The van der Waals surface area contributed by atoms with Crippen molar-refractivity contribution in [1.82, 2.24) is 0 Å². The topological polar surface area (TPSA) is 60.4 Å². The maximum atomic E-state index is 11.2. The van der Waals surface area contributed by atoms with E-state index in [1.165, 1.54) is 46.6 Å². The van der Waals surface area contributed by atoms with Crippen molar-refractivity contribution in [2.24, 2.45) is 0 Å². The molecule has 0 N–H and O–H groups in total. The van der Waals surface area contributed by atoms with Crippen molar-refractivity contribution in [1.29, 1.82) is 0 Å². The quantitative estimate of drug-likeness (QED) is 0.586. The van der Waals surface area contributed by atoms with Gasteiger partial charge in [-0.25, -0.2) is 8.42 Å². The van der Waals surface area contributed by atoms with Crippen molar-refractivity contribution in [3.8, 4) is 0 Å². The van der Waals surface area contributed by atoms with Gasteiger partial charge in [-0.05, 0) is 43.0 Å². The Labute approximate surface area is 124 Å².